The number of hydrogen-bond donors (Lipinski definition) is 10. The number of ether oxygens (including phenoxy) is 11. The molecule has 4 fully saturated rings. The van der Waals surface area contributed by atoms with Gasteiger partial charge in [-0.3, -0.25) is 52.7 Å². The second kappa shape index (κ2) is 91.4. The third-order valence-corrected chi connectivity index (χ3v) is 33.6. The first-order valence-electron chi connectivity index (χ1n) is 47.2. The largest absolute Gasteiger partial charge is 0.465 e. The average Bonchev–Trinajstić information content (AvgIpc) is 1.71. The van der Waals surface area contributed by atoms with Crippen molar-refractivity contribution in [1.29, 1.82) is 0 Å². The lowest BCUT2D eigenvalue weighted by atomic mass is 9.95. The van der Waals surface area contributed by atoms with Crippen LogP contribution in [-0.4, -0.2) is 326 Å². The maximum atomic E-state index is 12.4. The molecule has 0 aromatic heterocycles. The molecular formula is C88H164N10O22S10. The van der Waals surface area contributed by atoms with Gasteiger partial charge >= 0.3 is 53.7 Å². The van der Waals surface area contributed by atoms with Gasteiger partial charge in [-0.25, -0.2) is 0 Å². The Morgan fingerprint density at radius 1 is 0.323 bits per heavy atom. The quantitative estimate of drug-likeness (QED) is 0.0117. The van der Waals surface area contributed by atoms with Crippen molar-refractivity contribution in [2.24, 2.45) is 5.41 Å². The van der Waals surface area contributed by atoms with Crippen molar-refractivity contribution >= 4 is 173 Å². The van der Waals surface area contributed by atoms with E-state index in [1.54, 1.807) is 32.4 Å². The third-order valence-electron chi connectivity index (χ3n) is 19.3. The highest BCUT2D eigenvalue weighted by molar-refractivity contribution is 8.78. The Hall–Kier alpha value is -2.73. The van der Waals surface area contributed by atoms with Crippen LogP contribution in [0.2, 0.25) is 0 Å². The Morgan fingerprint density at radius 3 is 1.03 bits per heavy atom. The first-order valence-corrected chi connectivity index (χ1v) is 59.3. The van der Waals surface area contributed by atoms with E-state index in [1.807, 2.05) is 131 Å². The lowest BCUT2D eigenvalue weighted by molar-refractivity contribution is -0.166. The van der Waals surface area contributed by atoms with E-state index in [4.69, 9.17) is 52.1 Å². The minimum absolute atomic E-state index is 0.00207. The molecule has 6 unspecified atom stereocenters. The highest BCUT2D eigenvalue weighted by atomic mass is 33.1. The predicted molar refractivity (Wildman–Crippen MR) is 540 cm³/mol. The second-order valence-electron chi connectivity index (χ2n) is 31.5. The second-order valence-corrected chi connectivity index (χ2v) is 45.0. The molecule has 6 atom stereocenters. The molecule has 4 aliphatic heterocycles. The Balaban J connectivity index is 0.000000874. The van der Waals surface area contributed by atoms with Gasteiger partial charge in [0.05, 0.1) is 69.6 Å². The van der Waals surface area contributed by atoms with E-state index < -0.39 is 18.2 Å². The number of likely N-dealkylation sites (N-methyl/N-ethyl adjacent to an activating group) is 1. The zero-order valence-corrected chi connectivity index (χ0v) is 87.5. The molecule has 0 radical (unpaired) electrons. The fourth-order valence-corrected chi connectivity index (χ4v) is 26.2. The van der Waals surface area contributed by atoms with Gasteiger partial charge in [0.2, 0.25) is 11.8 Å². The van der Waals surface area contributed by atoms with Crippen LogP contribution in [0.3, 0.4) is 0 Å². The molecule has 32 nitrogen and oxygen atoms in total. The van der Waals surface area contributed by atoms with E-state index in [0.29, 0.717) is 159 Å². The standard InChI is InChI=1S/C25H47N3O7S2.C23H43N3O5S2.C23H42N2O6S4.C17H32N2O4S2/c1-3-6-24(30)34-19-21(28-23(29)8-5-4-7-22-10-18-36-37-22)20-35-25(31)9-11-27-13-15-33-17-16-32-14-12-26-2;1-3-8-22(28)30-17-19(18-31-23(29)11-15-25-14-7-6-13-24-2)26-21(27)10-5-4-9-20-12-16-32-33-20;1-3-6-21(26)29-17-19(31-23(28)8-5-4-7-20-10-14-34-35-20)18-30-22(27)9-11-25-13-16-33-32-15-12-24-2;1-3-6-15(20)22-11-17(13-24-25-14-17)12-23-16(21)7-10-19-9-5-4-8-18-2/h21-22,26-27H,3-20H2,1-2H3,(H,28,29);19-20,24-25H,3-18H2,1-2H3,(H,26,27);19-20,24-25H,3-18H2,1-2H3;18-19H,3-14H2,1-2H3. The number of carbonyl (C=O) groups excluding carboxylic acids is 11. The van der Waals surface area contributed by atoms with Gasteiger partial charge in [0.15, 0.2) is 6.10 Å². The average molecular weight is 2030 g/mol. The summed E-state index contributed by atoms with van der Waals surface area (Å²) in [7, 11) is 26.4. The van der Waals surface area contributed by atoms with Crippen molar-refractivity contribution in [3.8, 4) is 0 Å². The summed E-state index contributed by atoms with van der Waals surface area (Å²) in [5, 5.41) is 33.0. The van der Waals surface area contributed by atoms with E-state index in [1.165, 1.54) is 36.5 Å². The lowest BCUT2D eigenvalue weighted by Gasteiger charge is -2.26. The smallest absolute Gasteiger partial charge is 0.307 e. The van der Waals surface area contributed by atoms with Crippen LogP contribution in [0.5, 0.6) is 0 Å². The number of nitrogens with one attached hydrogen (secondary N) is 10. The SMILES string of the molecule is CCCC(=O)OCC(COC(=O)CCNCCCCNC)NC(=O)CCCCC1CCSS1.CCCC(=O)OCC(COC(=O)CCNCCOCCOCCNC)NC(=O)CCCCC1CCSS1.CCCC(=O)OCC(COC(=O)CCNCCSSCCNC)OC(=O)CCCCC1CCSS1.CCCC(=O)OCC1(COC(=O)CCNCCCCNC)CSSC1. The molecule has 0 aromatic carbocycles. The third kappa shape index (κ3) is 79.2. The molecular weight excluding hydrogens is 1870 g/mol. The fourth-order valence-electron chi connectivity index (χ4n) is 11.8. The van der Waals surface area contributed by atoms with Crippen LogP contribution >= 0.6 is 108 Å². The van der Waals surface area contributed by atoms with Crippen LogP contribution in [0.1, 0.15) is 227 Å². The topological polar surface area (TPSA) is 410 Å². The molecule has 0 spiro atoms. The Labute approximate surface area is 817 Å². The van der Waals surface area contributed by atoms with E-state index >= 15 is 0 Å². The number of rotatable bonds is 80. The zero-order chi connectivity index (χ0) is 95.1. The summed E-state index contributed by atoms with van der Waals surface area (Å²) in [5.41, 5.74) is -0.241. The van der Waals surface area contributed by atoms with Crippen molar-refractivity contribution in [1.82, 2.24) is 53.2 Å². The van der Waals surface area contributed by atoms with Crippen molar-refractivity contribution in [2.45, 2.75) is 261 Å². The van der Waals surface area contributed by atoms with E-state index in [0.717, 1.165) is 159 Å². The van der Waals surface area contributed by atoms with Gasteiger partial charge in [0.25, 0.3) is 0 Å². The Kier molecular flexibility index (Phi) is 88.0. The molecule has 10 N–H and O–H groups in total. The number of unbranched alkanes of at least 4 members (excludes halogenated alkanes) is 5. The van der Waals surface area contributed by atoms with Crippen molar-refractivity contribution in [2.75, 3.05) is 226 Å². The number of hydrogen-bond acceptors (Lipinski definition) is 40. The molecule has 2 amide bonds. The Morgan fingerprint density at radius 2 is 0.654 bits per heavy atom. The van der Waals surface area contributed by atoms with E-state index in [9.17, 15) is 52.7 Å². The van der Waals surface area contributed by atoms with Gasteiger partial charge < -0.3 is 105 Å². The van der Waals surface area contributed by atoms with Gasteiger partial charge in [-0.15, -0.1) is 0 Å². The molecule has 0 saturated carbocycles. The molecule has 4 heterocycles. The van der Waals surface area contributed by atoms with Crippen molar-refractivity contribution in [3.05, 3.63) is 0 Å². The normalized spacial score (nSPS) is 16.1. The van der Waals surface area contributed by atoms with E-state index in [2.05, 4.69) is 53.2 Å². The van der Waals surface area contributed by atoms with Crippen LogP contribution < -0.4 is 53.2 Å². The summed E-state index contributed by atoms with van der Waals surface area (Å²) in [4.78, 5) is 132. The summed E-state index contributed by atoms with van der Waals surface area (Å²) in [5.74, 6) is 4.37. The molecule has 0 bridgehead atoms. The summed E-state index contributed by atoms with van der Waals surface area (Å²) >= 11 is 0. The van der Waals surface area contributed by atoms with Crippen LogP contribution in [0.25, 0.3) is 0 Å². The first kappa shape index (κ1) is 125. The van der Waals surface area contributed by atoms with E-state index in [-0.39, 0.29) is 130 Å². The molecule has 0 aliphatic carbocycles. The molecule has 4 rings (SSSR count). The van der Waals surface area contributed by atoms with Crippen LogP contribution in [0, 0.1) is 5.41 Å². The molecule has 4 saturated heterocycles. The highest BCUT2D eigenvalue weighted by Crippen LogP contribution is 2.44. The molecule has 130 heavy (non-hydrogen) atoms. The monoisotopic (exact) mass is 2030 g/mol. The maximum absolute atomic E-state index is 12.4. The van der Waals surface area contributed by atoms with Crippen molar-refractivity contribution < 1.29 is 105 Å². The van der Waals surface area contributed by atoms with Gasteiger partial charge in [-0.2, -0.15) is 0 Å². The zero-order valence-electron chi connectivity index (χ0n) is 79.4. The Bertz CT molecular complexity index is 2860. The van der Waals surface area contributed by atoms with Crippen LogP contribution in [0.15, 0.2) is 0 Å². The predicted octanol–water partition coefficient (Wildman–Crippen LogP) is 11.7. The highest BCUT2D eigenvalue weighted by Gasteiger charge is 2.39. The number of amides is 2. The molecule has 0 aromatic rings. The summed E-state index contributed by atoms with van der Waals surface area (Å²) in [6, 6.07) is -1.09. The summed E-state index contributed by atoms with van der Waals surface area (Å²) in [6.45, 7) is 19.5. The van der Waals surface area contributed by atoms with Crippen molar-refractivity contribution in [3.63, 3.8) is 0 Å². The van der Waals surface area contributed by atoms with Gasteiger partial charge in [0.1, 0.15) is 52.9 Å². The fraction of sp³-hybridized carbons (Fsp3) is 0.875. The molecule has 42 heteroatoms. The summed E-state index contributed by atoms with van der Waals surface area (Å²) < 4.78 is 58.8. The molecule has 4 aliphatic rings. The molecule has 758 valence electrons. The van der Waals surface area contributed by atoms with Crippen LogP contribution in [-0.2, 0) is 105 Å². The minimum Gasteiger partial charge on any atom is -0.465 e. The van der Waals surface area contributed by atoms with Gasteiger partial charge in [0, 0.05) is 153 Å². The summed E-state index contributed by atoms with van der Waals surface area (Å²) in [6.07, 6.45) is 22.6. The lowest BCUT2D eigenvalue weighted by Crippen LogP contribution is -2.42. The number of esters is 9. The van der Waals surface area contributed by atoms with Gasteiger partial charge in [-0.05, 0) is 164 Å². The van der Waals surface area contributed by atoms with Gasteiger partial charge in [-0.1, -0.05) is 155 Å². The first-order chi connectivity index (χ1) is 63.3. The minimum atomic E-state index is -0.784. The van der Waals surface area contributed by atoms with Crippen LogP contribution in [0.4, 0.5) is 0 Å². The maximum Gasteiger partial charge on any atom is 0.307 e. The number of carbonyl (C=O) groups is 11.